The van der Waals surface area contributed by atoms with Crippen LogP contribution in [0.25, 0.3) is 0 Å². The highest BCUT2D eigenvalue weighted by Crippen LogP contribution is 2.11. The topological polar surface area (TPSA) is 50.4 Å². The normalized spacial score (nSPS) is 20.9. The summed E-state index contributed by atoms with van der Waals surface area (Å²) in [6.07, 6.45) is 2.30. The Morgan fingerprint density at radius 2 is 2.40 bits per heavy atom. The van der Waals surface area contributed by atoms with Crippen LogP contribution in [0.1, 0.15) is 26.7 Å². The van der Waals surface area contributed by atoms with Gasteiger partial charge in [-0.15, -0.1) is 0 Å². The van der Waals surface area contributed by atoms with Gasteiger partial charge in [0.15, 0.2) is 0 Å². The molecule has 1 fully saturated rings. The minimum Gasteiger partial charge on any atom is -0.372 e. The van der Waals surface area contributed by atoms with Crippen molar-refractivity contribution in [3.05, 3.63) is 0 Å². The minimum atomic E-state index is -0.0189. The van der Waals surface area contributed by atoms with Gasteiger partial charge in [-0.2, -0.15) is 0 Å². The highest BCUT2D eigenvalue weighted by Gasteiger charge is 2.13. The molecule has 0 aliphatic carbocycles. The van der Waals surface area contributed by atoms with Crippen molar-refractivity contribution in [3.8, 4) is 0 Å². The van der Waals surface area contributed by atoms with Crippen LogP contribution in [0, 0.1) is 5.92 Å². The van der Waals surface area contributed by atoms with Crippen LogP contribution in [-0.4, -0.2) is 38.3 Å². The molecule has 1 heterocycles. The van der Waals surface area contributed by atoms with E-state index in [1.165, 1.54) is 6.42 Å². The summed E-state index contributed by atoms with van der Waals surface area (Å²) in [7, 11) is 0. The molecular formula is C11H22N2O2. The van der Waals surface area contributed by atoms with E-state index < -0.39 is 0 Å². The van der Waals surface area contributed by atoms with E-state index in [0.717, 1.165) is 25.4 Å². The van der Waals surface area contributed by atoms with E-state index in [4.69, 9.17) is 4.74 Å². The van der Waals surface area contributed by atoms with Crippen LogP contribution in [0.15, 0.2) is 0 Å². The van der Waals surface area contributed by atoms with Crippen molar-refractivity contribution in [1.29, 1.82) is 0 Å². The SMILES string of the molecule is CC(C)NC(=O)COCCC1CCNC1. The van der Waals surface area contributed by atoms with Crippen LogP contribution < -0.4 is 10.6 Å². The molecule has 0 aromatic carbocycles. The Hall–Kier alpha value is -0.610. The van der Waals surface area contributed by atoms with Crippen molar-refractivity contribution in [1.82, 2.24) is 10.6 Å². The van der Waals surface area contributed by atoms with Crippen molar-refractivity contribution in [2.24, 2.45) is 5.92 Å². The highest BCUT2D eigenvalue weighted by molar-refractivity contribution is 5.77. The molecule has 0 spiro atoms. The van der Waals surface area contributed by atoms with Crippen molar-refractivity contribution in [2.75, 3.05) is 26.3 Å². The van der Waals surface area contributed by atoms with Gasteiger partial charge in [0.2, 0.25) is 5.91 Å². The smallest absolute Gasteiger partial charge is 0.246 e. The summed E-state index contributed by atoms with van der Waals surface area (Å²) in [6.45, 7) is 7.00. The average molecular weight is 214 g/mol. The number of hydrogen-bond donors (Lipinski definition) is 2. The lowest BCUT2D eigenvalue weighted by Crippen LogP contribution is -2.33. The molecule has 1 aliphatic heterocycles. The lowest BCUT2D eigenvalue weighted by Gasteiger charge is -2.10. The zero-order valence-corrected chi connectivity index (χ0v) is 9.71. The number of nitrogens with one attached hydrogen (secondary N) is 2. The summed E-state index contributed by atoms with van der Waals surface area (Å²) < 4.78 is 5.32. The first kappa shape index (κ1) is 12.5. The average Bonchev–Trinajstić information content (AvgIpc) is 2.63. The maximum Gasteiger partial charge on any atom is 0.246 e. The molecule has 0 radical (unpaired) electrons. The molecule has 0 bridgehead atoms. The van der Waals surface area contributed by atoms with Gasteiger partial charge in [0.25, 0.3) is 0 Å². The molecule has 1 amide bonds. The Balaban J connectivity index is 1.94. The number of amides is 1. The van der Waals surface area contributed by atoms with E-state index >= 15 is 0 Å². The second kappa shape index (κ2) is 6.80. The van der Waals surface area contributed by atoms with E-state index in [0.29, 0.717) is 6.61 Å². The monoisotopic (exact) mass is 214 g/mol. The molecule has 1 atom stereocenters. The molecule has 4 nitrogen and oxygen atoms in total. The molecule has 0 aromatic rings. The van der Waals surface area contributed by atoms with E-state index in [-0.39, 0.29) is 18.6 Å². The lowest BCUT2D eigenvalue weighted by molar-refractivity contribution is -0.126. The molecule has 0 aromatic heterocycles. The highest BCUT2D eigenvalue weighted by atomic mass is 16.5. The Morgan fingerprint density at radius 1 is 1.60 bits per heavy atom. The lowest BCUT2D eigenvalue weighted by atomic mass is 10.1. The fraction of sp³-hybridized carbons (Fsp3) is 0.909. The Labute approximate surface area is 91.8 Å². The van der Waals surface area contributed by atoms with Gasteiger partial charge in [-0.25, -0.2) is 0 Å². The molecule has 0 saturated carbocycles. The third-order valence-electron chi connectivity index (χ3n) is 2.52. The summed E-state index contributed by atoms with van der Waals surface area (Å²) in [5.74, 6) is 0.715. The van der Waals surface area contributed by atoms with E-state index in [1.54, 1.807) is 0 Å². The van der Waals surface area contributed by atoms with Crippen LogP contribution in [0.2, 0.25) is 0 Å². The molecule has 2 N–H and O–H groups in total. The second-order valence-corrected chi connectivity index (χ2v) is 4.42. The van der Waals surface area contributed by atoms with Gasteiger partial charge in [-0.3, -0.25) is 4.79 Å². The fourth-order valence-electron chi connectivity index (χ4n) is 1.74. The zero-order valence-electron chi connectivity index (χ0n) is 9.71. The Kier molecular flexibility index (Phi) is 5.65. The van der Waals surface area contributed by atoms with Crippen LogP contribution in [0.4, 0.5) is 0 Å². The van der Waals surface area contributed by atoms with Gasteiger partial charge >= 0.3 is 0 Å². The number of carbonyl (C=O) groups excluding carboxylic acids is 1. The van der Waals surface area contributed by atoms with Crippen LogP contribution in [-0.2, 0) is 9.53 Å². The van der Waals surface area contributed by atoms with Crippen molar-refractivity contribution in [2.45, 2.75) is 32.7 Å². The standard InChI is InChI=1S/C11H22N2O2/c1-9(2)13-11(14)8-15-6-4-10-3-5-12-7-10/h9-10,12H,3-8H2,1-2H3,(H,13,14). The van der Waals surface area contributed by atoms with Crippen LogP contribution in [0.3, 0.4) is 0 Å². The third kappa shape index (κ3) is 5.74. The number of carbonyl (C=O) groups is 1. The summed E-state index contributed by atoms with van der Waals surface area (Å²) in [4.78, 5) is 11.2. The maximum atomic E-state index is 11.2. The Bertz CT molecular complexity index is 189. The molecular weight excluding hydrogens is 192 g/mol. The first-order valence-corrected chi connectivity index (χ1v) is 5.76. The molecule has 1 aliphatic rings. The number of rotatable bonds is 6. The van der Waals surface area contributed by atoms with Gasteiger partial charge in [-0.05, 0) is 45.7 Å². The molecule has 1 rings (SSSR count). The predicted octanol–water partition coefficient (Wildman–Crippen LogP) is 0.527. The zero-order chi connectivity index (χ0) is 11.1. The summed E-state index contributed by atoms with van der Waals surface area (Å²) in [5.41, 5.74) is 0. The number of ether oxygens (including phenoxy) is 1. The van der Waals surface area contributed by atoms with Gasteiger partial charge in [0, 0.05) is 12.6 Å². The predicted molar refractivity (Wildman–Crippen MR) is 59.7 cm³/mol. The van der Waals surface area contributed by atoms with Crippen molar-refractivity contribution in [3.63, 3.8) is 0 Å². The number of hydrogen-bond acceptors (Lipinski definition) is 3. The van der Waals surface area contributed by atoms with E-state index in [9.17, 15) is 4.79 Å². The van der Waals surface area contributed by atoms with Gasteiger partial charge in [-0.1, -0.05) is 0 Å². The quantitative estimate of drug-likeness (QED) is 0.634. The summed E-state index contributed by atoms with van der Waals surface area (Å²) in [5, 5.41) is 6.11. The fourth-order valence-corrected chi connectivity index (χ4v) is 1.74. The molecule has 88 valence electrons. The summed E-state index contributed by atoms with van der Waals surface area (Å²) in [6, 6.07) is 0.195. The molecule has 15 heavy (non-hydrogen) atoms. The van der Waals surface area contributed by atoms with E-state index in [2.05, 4.69) is 10.6 Å². The van der Waals surface area contributed by atoms with Gasteiger partial charge in [0.1, 0.15) is 6.61 Å². The first-order valence-electron chi connectivity index (χ1n) is 5.76. The second-order valence-electron chi connectivity index (χ2n) is 4.42. The third-order valence-corrected chi connectivity index (χ3v) is 2.52. The maximum absolute atomic E-state index is 11.2. The van der Waals surface area contributed by atoms with E-state index in [1.807, 2.05) is 13.8 Å². The van der Waals surface area contributed by atoms with Crippen LogP contribution in [0.5, 0.6) is 0 Å². The summed E-state index contributed by atoms with van der Waals surface area (Å²) >= 11 is 0. The molecule has 1 unspecified atom stereocenters. The van der Waals surface area contributed by atoms with Crippen LogP contribution >= 0.6 is 0 Å². The van der Waals surface area contributed by atoms with Gasteiger partial charge in [0.05, 0.1) is 0 Å². The van der Waals surface area contributed by atoms with Gasteiger partial charge < -0.3 is 15.4 Å². The minimum absolute atomic E-state index is 0.0189. The Morgan fingerprint density at radius 3 is 3.00 bits per heavy atom. The largest absolute Gasteiger partial charge is 0.372 e. The van der Waals surface area contributed by atoms with Crippen molar-refractivity contribution < 1.29 is 9.53 Å². The molecule has 1 saturated heterocycles. The van der Waals surface area contributed by atoms with Crippen molar-refractivity contribution >= 4 is 5.91 Å². The first-order chi connectivity index (χ1) is 7.18. The molecule has 4 heteroatoms.